The first-order valence-corrected chi connectivity index (χ1v) is 9.93. The summed E-state index contributed by atoms with van der Waals surface area (Å²) in [6.45, 7) is -0.254. The Labute approximate surface area is 184 Å². The SMILES string of the molecule is COc1ccc(OCC(=O)NC(=S)NNC(=O)c2ccc(NC(=O)C3CC3)cc2)cc1. The molecule has 2 aromatic carbocycles. The molecule has 0 spiro atoms. The van der Waals surface area contributed by atoms with Crippen molar-refractivity contribution < 1.29 is 23.9 Å². The monoisotopic (exact) mass is 442 g/mol. The molecule has 3 amide bonds. The number of amides is 3. The van der Waals surface area contributed by atoms with Gasteiger partial charge in [0.15, 0.2) is 11.7 Å². The van der Waals surface area contributed by atoms with Crippen LogP contribution in [0.1, 0.15) is 23.2 Å². The van der Waals surface area contributed by atoms with Crippen LogP contribution in [0.2, 0.25) is 0 Å². The molecule has 2 aromatic rings. The highest BCUT2D eigenvalue weighted by atomic mass is 32.1. The normalized spacial score (nSPS) is 12.3. The molecule has 1 aliphatic carbocycles. The maximum absolute atomic E-state index is 12.2. The number of hydrazine groups is 1. The fourth-order valence-corrected chi connectivity index (χ4v) is 2.66. The molecule has 0 bridgehead atoms. The number of benzene rings is 2. The molecule has 1 fully saturated rings. The van der Waals surface area contributed by atoms with E-state index < -0.39 is 11.8 Å². The zero-order valence-corrected chi connectivity index (χ0v) is 17.6. The average Bonchev–Trinajstić information content (AvgIpc) is 3.62. The van der Waals surface area contributed by atoms with Gasteiger partial charge in [0, 0.05) is 17.2 Å². The number of thiocarbonyl (C=S) groups is 1. The van der Waals surface area contributed by atoms with Gasteiger partial charge in [-0.1, -0.05) is 0 Å². The molecule has 162 valence electrons. The lowest BCUT2D eigenvalue weighted by atomic mass is 10.2. The second-order valence-electron chi connectivity index (χ2n) is 6.76. The van der Waals surface area contributed by atoms with Crippen molar-refractivity contribution in [3.63, 3.8) is 0 Å². The summed E-state index contributed by atoms with van der Waals surface area (Å²) < 4.78 is 10.4. The third kappa shape index (κ3) is 6.96. The first-order valence-electron chi connectivity index (χ1n) is 9.52. The van der Waals surface area contributed by atoms with E-state index in [1.165, 1.54) is 0 Å². The van der Waals surface area contributed by atoms with Crippen LogP contribution >= 0.6 is 12.2 Å². The van der Waals surface area contributed by atoms with Gasteiger partial charge in [-0.15, -0.1) is 0 Å². The molecule has 3 rings (SSSR count). The van der Waals surface area contributed by atoms with Crippen molar-refractivity contribution in [1.82, 2.24) is 16.2 Å². The fraction of sp³-hybridized carbons (Fsp3) is 0.238. The number of methoxy groups -OCH3 is 1. The number of rotatable bonds is 7. The van der Waals surface area contributed by atoms with Crippen LogP contribution in [-0.2, 0) is 9.59 Å². The lowest BCUT2D eigenvalue weighted by Crippen LogP contribution is -2.49. The highest BCUT2D eigenvalue weighted by Crippen LogP contribution is 2.30. The zero-order valence-electron chi connectivity index (χ0n) is 16.8. The van der Waals surface area contributed by atoms with Crippen LogP contribution in [0, 0.1) is 5.92 Å². The molecular weight excluding hydrogens is 420 g/mol. The molecule has 0 saturated heterocycles. The predicted octanol–water partition coefficient (Wildman–Crippen LogP) is 1.76. The minimum atomic E-state index is -0.488. The lowest BCUT2D eigenvalue weighted by Gasteiger charge is -2.12. The van der Waals surface area contributed by atoms with Gasteiger partial charge in [-0.3, -0.25) is 30.6 Å². The molecule has 0 unspecified atom stereocenters. The smallest absolute Gasteiger partial charge is 0.269 e. The Morgan fingerprint density at radius 1 is 0.968 bits per heavy atom. The first kappa shape index (κ1) is 22.0. The maximum atomic E-state index is 12.2. The van der Waals surface area contributed by atoms with Crippen molar-refractivity contribution in [2.24, 2.45) is 5.92 Å². The Kier molecular flexibility index (Phi) is 7.39. The van der Waals surface area contributed by atoms with E-state index in [0.717, 1.165) is 12.8 Å². The number of anilines is 1. The van der Waals surface area contributed by atoms with Gasteiger partial charge >= 0.3 is 0 Å². The summed E-state index contributed by atoms with van der Waals surface area (Å²) in [5.74, 6) is 0.334. The molecule has 0 radical (unpaired) electrons. The third-order valence-corrected chi connectivity index (χ3v) is 4.54. The molecule has 0 atom stereocenters. The summed E-state index contributed by atoms with van der Waals surface area (Å²) in [4.78, 5) is 35.8. The van der Waals surface area contributed by atoms with Crippen LogP contribution in [0.3, 0.4) is 0 Å². The minimum Gasteiger partial charge on any atom is -0.497 e. The van der Waals surface area contributed by atoms with Crippen LogP contribution < -0.4 is 31.0 Å². The molecule has 1 saturated carbocycles. The highest BCUT2D eigenvalue weighted by Gasteiger charge is 2.29. The Balaban J connectivity index is 1.37. The van der Waals surface area contributed by atoms with E-state index >= 15 is 0 Å². The number of nitrogens with one attached hydrogen (secondary N) is 4. The van der Waals surface area contributed by atoms with Gasteiger partial charge in [-0.25, -0.2) is 0 Å². The number of ether oxygens (including phenoxy) is 2. The van der Waals surface area contributed by atoms with Crippen LogP contribution in [0.4, 0.5) is 5.69 Å². The zero-order chi connectivity index (χ0) is 22.2. The molecule has 10 heteroatoms. The van der Waals surface area contributed by atoms with E-state index in [4.69, 9.17) is 21.7 Å². The molecule has 4 N–H and O–H groups in total. The van der Waals surface area contributed by atoms with Gasteiger partial charge in [0.2, 0.25) is 5.91 Å². The van der Waals surface area contributed by atoms with Gasteiger partial charge in [0.05, 0.1) is 7.11 Å². The minimum absolute atomic E-state index is 0.00377. The Morgan fingerprint density at radius 3 is 2.23 bits per heavy atom. The molecular formula is C21H22N4O5S. The van der Waals surface area contributed by atoms with Crippen molar-refractivity contribution in [3.8, 4) is 11.5 Å². The van der Waals surface area contributed by atoms with Crippen LogP contribution in [0.15, 0.2) is 48.5 Å². The van der Waals surface area contributed by atoms with Crippen molar-refractivity contribution in [2.75, 3.05) is 19.0 Å². The van der Waals surface area contributed by atoms with E-state index in [-0.39, 0.29) is 23.5 Å². The maximum Gasteiger partial charge on any atom is 0.269 e. The first-order chi connectivity index (χ1) is 14.9. The van der Waals surface area contributed by atoms with E-state index in [1.54, 1.807) is 55.6 Å². The summed E-state index contributed by atoms with van der Waals surface area (Å²) in [6.07, 6.45) is 1.84. The number of carbonyl (C=O) groups is 3. The largest absolute Gasteiger partial charge is 0.497 e. The topological polar surface area (TPSA) is 118 Å². The summed E-state index contributed by atoms with van der Waals surface area (Å²) in [6, 6.07) is 13.2. The van der Waals surface area contributed by atoms with Crippen molar-refractivity contribution in [2.45, 2.75) is 12.8 Å². The van der Waals surface area contributed by atoms with E-state index in [0.29, 0.717) is 22.7 Å². The van der Waals surface area contributed by atoms with Crippen molar-refractivity contribution in [3.05, 3.63) is 54.1 Å². The Bertz CT molecular complexity index is 959. The van der Waals surface area contributed by atoms with Gasteiger partial charge in [-0.2, -0.15) is 0 Å². The standard InChI is InChI=1S/C21H22N4O5S/c1-29-16-8-10-17(11-9-16)30-12-18(26)23-21(31)25-24-20(28)14-4-6-15(7-5-14)22-19(27)13-2-3-13/h4-11,13H,2-3,12H2,1H3,(H,22,27)(H,24,28)(H2,23,25,26,31). The van der Waals surface area contributed by atoms with Crippen molar-refractivity contribution in [1.29, 1.82) is 0 Å². The number of hydrogen-bond acceptors (Lipinski definition) is 6. The molecule has 0 heterocycles. The van der Waals surface area contributed by atoms with Gasteiger partial charge in [0.25, 0.3) is 11.8 Å². The lowest BCUT2D eigenvalue weighted by molar-refractivity contribution is -0.121. The Hall–Kier alpha value is -3.66. The fourth-order valence-electron chi connectivity index (χ4n) is 2.50. The van der Waals surface area contributed by atoms with Crippen molar-refractivity contribution >= 4 is 40.7 Å². The third-order valence-electron chi connectivity index (χ3n) is 4.33. The van der Waals surface area contributed by atoms with E-state index in [2.05, 4.69) is 21.5 Å². The number of hydrogen-bond donors (Lipinski definition) is 4. The van der Waals surface area contributed by atoms with E-state index in [9.17, 15) is 14.4 Å². The highest BCUT2D eigenvalue weighted by molar-refractivity contribution is 7.80. The number of carbonyl (C=O) groups excluding carboxylic acids is 3. The van der Waals surface area contributed by atoms with Crippen LogP contribution in [0.5, 0.6) is 11.5 Å². The molecule has 9 nitrogen and oxygen atoms in total. The second kappa shape index (κ2) is 10.4. The van der Waals surface area contributed by atoms with Gasteiger partial charge in [-0.05, 0) is 73.6 Å². The van der Waals surface area contributed by atoms with Crippen LogP contribution in [0.25, 0.3) is 0 Å². The summed E-state index contributed by atoms with van der Waals surface area (Å²) in [7, 11) is 1.56. The predicted molar refractivity (Wildman–Crippen MR) is 118 cm³/mol. The molecule has 0 aromatic heterocycles. The summed E-state index contributed by atoms with van der Waals surface area (Å²) in [5.41, 5.74) is 5.83. The quantitative estimate of drug-likeness (QED) is 0.381. The molecule has 31 heavy (non-hydrogen) atoms. The second-order valence-corrected chi connectivity index (χ2v) is 7.17. The molecule has 1 aliphatic rings. The van der Waals surface area contributed by atoms with Gasteiger partial charge < -0.3 is 14.8 Å². The Morgan fingerprint density at radius 2 is 1.61 bits per heavy atom. The van der Waals surface area contributed by atoms with E-state index in [1.807, 2.05) is 0 Å². The van der Waals surface area contributed by atoms with Crippen LogP contribution in [-0.4, -0.2) is 36.6 Å². The summed E-state index contributed by atoms with van der Waals surface area (Å²) >= 11 is 4.98. The van der Waals surface area contributed by atoms with Gasteiger partial charge in [0.1, 0.15) is 11.5 Å². The average molecular weight is 442 g/mol. The summed E-state index contributed by atoms with van der Waals surface area (Å²) in [5, 5.41) is 5.12. The molecule has 0 aliphatic heterocycles.